The molecule has 0 aromatic heterocycles. The van der Waals surface area contributed by atoms with Crippen molar-refractivity contribution in [1.82, 2.24) is 3.53 Å². The predicted octanol–water partition coefficient (Wildman–Crippen LogP) is 3.28. The molecule has 0 aromatic carbocycles. The largest absolute Gasteiger partial charge is 0.258 e. The Hall–Kier alpha value is 0.690. The van der Waals surface area contributed by atoms with Gasteiger partial charge in [-0.25, -0.2) is 0 Å². The summed E-state index contributed by atoms with van der Waals surface area (Å²) in [6.45, 7) is 2.38. The van der Waals surface area contributed by atoms with E-state index in [0.717, 1.165) is 12.0 Å². The number of rotatable bonds is 1. The Morgan fingerprint density at radius 1 is 1.09 bits per heavy atom. The maximum atomic E-state index is 3.39. The second-order valence-corrected chi connectivity index (χ2v) is 4.31. The Balaban J connectivity index is 2.33. The maximum absolute atomic E-state index is 3.39. The topological polar surface area (TPSA) is 12.0 Å². The third-order valence-electron chi connectivity index (χ3n) is 2.75. The van der Waals surface area contributed by atoms with Gasteiger partial charge in [-0.2, -0.15) is 0 Å². The third-order valence-corrected chi connectivity index (χ3v) is 3.55. The van der Waals surface area contributed by atoms with Crippen molar-refractivity contribution < 1.29 is 0 Å². The minimum absolute atomic E-state index is 0.774. The smallest absolute Gasteiger partial charge is 0.0189 e. The molecule has 2 unspecified atom stereocenters. The van der Waals surface area contributed by atoms with Crippen LogP contribution >= 0.6 is 22.9 Å². The van der Waals surface area contributed by atoms with Crippen LogP contribution in [0.1, 0.15) is 45.4 Å². The van der Waals surface area contributed by atoms with Gasteiger partial charge in [-0.3, -0.25) is 3.53 Å². The highest BCUT2D eigenvalue weighted by Crippen LogP contribution is 2.22. The molecular weight excluding hydrogens is 249 g/mol. The summed E-state index contributed by atoms with van der Waals surface area (Å²) in [5.41, 5.74) is 0. The van der Waals surface area contributed by atoms with Crippen LogP contribution in [-0.2, 0) is 0 Å². The summed E-state index contributed by atoms with van der Waals surface area (Å²) in [6, 6.07) is 0.774. The quantitative estimate of drug-likeness (QED) is 0.568. The first kappa shape index (κ1) is 9.78. The highest BCUT2D eigenvalue weighted by atomic mass is 127. The van der Waals surface area contributed by atoms with Crippen molar-refractivity contribution in [3.63, 3.8) is 0 Å². The SMILES string of the molecule is CC1CCCCCCC1NI. The molecule has 0 aliphatic heterocycles. The monoisotopic (exact) mass is 267 g/mol. The van der Waals surface area contributed by atoms with Crippen molar-refractivity contribution in [2.45, 2.75) is 51.5 Å². The van der Waals surface area contributed by atoms with Crippen LogP contribution in [0.4, 0.5) is 0 Å². The molecule has 1 rings (SSSR count). The zero-order valence-electron chi connectivity index (χ0n) is 7.28. The zero-order chi connectivity index (χ0) is 8.10. The maximum Gasteiger partial charge on any atom is 0.0189 e. The summed E-state index contributed by atoms with van der Waals surface area (Å²) < 4.78 is 3.39. The molecule has 1 nitrogen and oxygen atoms in total. The molecule has 1 aliphatic rings. The fourth-order valence-corrected chi connectivity index (χ4v) is 2.76. The summed E-state index contributed by atoms with van der Waals surface area (Å²) >= 11 is 2.30. The lowest BCUT2D eigenvalue weighted by molar-refractivity contribution is 0.344. The van der Waals surface area contributed by atoms with E-state index < -0.39 is 0 Å². The lowest BCUT2D eigenvalue weighted by Gasteiger charge is -2.24. The van der Waals surface area contributed by atoms with Crippen molar-refractivity contribution in [3.8, 4) is 0 Å². The number of halogens is 1. The van der Waals surface area contributed by atoms with E-state index in [-0.39, 0.29) is 0 Å². The predicted molar refractivity (Wildman–Crippen MR) is 57.8 cm³/mol. The van der Waals surface area contributed by atoms with E-state index >= 15 is 0 Å². The van der Waals surface area contributed by atoms with Crippen molar-refractivity contribution in [1.29, 1.82) is 0 Å². The molecule has 0 radical (unpaired) electrons. The Bertz CT molecular complexity index is 106. The number of hydrogen-bond donors (Lipinski definition) is 1. The van der Waals surface area contributed by atoms with Crippen molar-refractivity contribution in [3.05, 3.63) is 0 Å². The number of nitrogens with one attached hydrogen (secondary N) is 1. The van der Waals surface area contributed by atoms with Gasteiger partial charge >= 0.3 is 0 Å². The van der Waals surface area contributed by atoms with Gasteiger partial charge in [0.1, 0.15) is 0 Å². The Morgan fingerprint density at radius 3 is 2.36 bits per heavy atom. The van der Waals surface area contributed by atoms with Crippen molar-refractivity contribution >= 4 is 22.9 Å². The van der Waals surface area contributed by atoms with Gasteiger partial charge in [-0.1, -0.05) is 32.6 Å². The third kappa shape index (κ3) is 3.28. The molecule has 0 heterocycles. The normalized spacial score (nSPS) is 34.4. The first-order valence-electron chi connectivity index (χ1n) is 4.70. The molecule has 2 atom stereocenters. The molecule has 0 saturated heterocycles. The van der Waals surface area contributed by atoms with Crippen molar-refractivity contribution in [2.75, 3.05) is 0 Å². The van der Waals surface area contributed by atoms with E-state index in [2.05, 4.69) is 33.3 Å². The van der Waals surface area contributed by atoms with Crippen LogP contribution in [-0.4, -0.2) is 6.04 Å². The summed E-state index contributed by atoms with van der Waals surface area (Å²) in [4.78, 5) is 0. The van der Waals surface area contributed by atoms with Gasteiger partial charge < -0.3 is 0 Å². The first-order chi connectivity index (χ1) is 5.34. The number of hydrogen-bond acceptors (Lipinski definition) is 1. The van der Waals surface area contributed by atoms with E-state index in [9.17, 15) is 0 Å². The van der Waals surface area contributed by atoms with E-state index in [1.54, 1.807) is 0 Å². The summed E-state index contributed by atoms with van der Waals surface area (Å²) in [5, 5.41) is 0. The molecule has 1 fully saturated rings. The summed E-state index contributed by atoms with van der Waals surface area (Å²) in [7, 11) is 0. The molecular formula is C9H18IN. The van der Waals surface area contributed by atoms with E-state index in [4.69, 9.17) is 0 Å². The minimum atomic E-state index is 0.774. The van der Waals surface area contributed by atoms with Gasteiger partial charge in [0.15, 0.2) is 0 Å². The average molecular weight is 267 g/mol. The van der Waals surface area contributed by atoms with Crippen LogP contribution < -0.4 is 3.53 Å². The summed E-state index contributed by atoms with van der Waals surface area (Å²) in [5.74, 6) is 0.882. The van der Waals surface area contributed by atoms with Crippen LogP contribution in [0.15, 0.2) is 0 Å². The van der Waals surface area contributed by atoms with Crippen LogP contribution in [0.25, 0.3) is 0 Å². The minimum Gasteiger partial charge on any atom is -0.258 e. The molecule has 0 amide bonds. The van der Waals surface area contributed by atoms with Gasteiger partial charge in [0.2, 0.25) is 0 Å². The lowest BCUT2D eigenvalue weighted by Crippen LogP contribution is -2.28. The van der Waals surface area contributed by atoms with Crippen LogP contribution in [0, 0.1) is 5.92 Å². The summed E-state index contributed by atoms with van der Waals surface area (Å²) in [6.07, 6.45) is 8.56. The molecule has 66 valence electrons. The van der Waals surface area contributed by atoms with E-state index in [1.165, 1.54) is 38.5 Å². The Kier molecular flexibility index (Phi) is 4.76. The second kappa shape index (κ2) is 5.36. The molecule has 1 saturated carbocycles. The highest BCUT2D eigenvalue weighted by Gasteiger charge is 2.16. The van der Waals surface area contributed by atoms with Crippen molar-refractivity contribution in [2.24, 2.45) is 5.92 Å². The van der Waals surface area contributed by atoms with Gasteiger partial charge in [-0.05, 0) is 18.8 Å². The lowest BCUT2D eigenvalue weighted by atomic mass is 9.89. The van der Waals surface area contributed by atoms with Crippen LogP contribution in [0.5, 0.6) is 0 Å². The molecule has 0 bridgehead atoms. The average Bonchev–Trinajstić information content (AvgIpc) is 1.98. The molecule has 1 aliphatic carbocycles. The molecule has 1 N–H and O–H groups in total. The van der Waals surface area contributed by atoms with Gasteiger partial charge in [0.25, 0.3) is 0 Å². The van der Waals surface area contributed by atoms with Crippen LogP contribution in [0.3, 0.4) is 0 Å². The van der Waals surface area contributed by atoms with Gasteiger partial charge in [0, 0.05) is 28.9 Å². The second-order valence-electron chi connectivity index (χ2n) is 3.68. The molecule has 2 heteroatoms. The van der Waals surface area contributed by atoms with E-state index in [1.807, 2.05) is 0 Å². The fraction of sp³-hybridized carbons (Fsp3) is 1.00. The fourth-order valence-electron chi connectivity index (χ4n) is 1.83. The van der Waals surface area contributed by atoms with Gasteiger partial charge in [-0.15, -0.1) is 0 Å². The molecule has 0 aromatic rings. The molecule has 0 spiro atoms. The van der Waals surface area contributed by atoms with E-state index in [0.29, 0.717) is 0 Å². The van der Waals surface area contributed by atoms with Crippen LogP contribution in [0.2, 0.25) is 0 Å². The first-order valence-corrected chi connectivity index (χ1v) is 5.78. The highest BCUT2D eigenvalue weighted by molar-refractivity contribution is 14.1. The molecule has 11 heavy (non-hydrogen) atoms. The zero-order valence-corrected chi connectivity index (χ0v) is 9.43. The standard InChI is InChI=1S/C9H18IN/c1-8-6-4-2-3-5-7-9(8)11-10/h8-9,11H,2-7H2,1H3. The van der Waals surface area contributed by atoms with Gasteiger partial charge in [0.05, 0.1) is 0 Å². The Morgan fingerprint density at radius 2 is 1.73 bits per heavy atom. The Labute approximate surface area is 83.8 Å².